The molecule has 1 N–H and O–H groups in total. The Hall–Kier alpha value is -1.38. The molecule has 3 heteroatoms. The van der Waals surface area contributed by atoms with Crippen LogP contribution in [0.2, 0.25) is 0 Å². The van der Waals surface area contributed by atoms with E-state index in [4.69, 9.17) is 0 Å². The van der Waals surface area contributed by atoms with Gasteiger partial charge in [-0.3, -0.25) is 9.78 Å². The lowest BCUT2D eigenvalue weighted by atomic mass is 9.70. The molecule has 0 amide bonds. The molecule has 3 atom stereocenters. The molecule has 18 heavy (non-hydrogen) atoms. The standard InChI is InChI=1S/C15H21NO2/c1-2-4-11-6-7-13(15(17)18)14(9-11)12-5-3-8-16-10-12/h3,5,8,10-11,13-14H,2,4,6-7,9H2,1H3,(H,17,18). The number of carboxylic acid groups (broad SMARTS) is 1. The van der Waals surface area contributed by atoms with Gasteiger partial charge in [-0.05, 0) is 42.7 Å². The molecule has 0 aromatic carbocycles. The molecular weight excluding hydrogens is 226 g/mol. The molecule has 0 aliphatic heterocycles. The van der Waals surface area contributed by atoms with Gasteiger partial charge in [-0.2, -0.15) is 0 Å². The lowest BCUT2D eigenvalue weighted by molar-refractivity contribution is -0.143. The van der Waals surface area contributed by atoms with Gasteiger partial charge in [0, 0.05) is 12.4 Å². The maximum Gasteiger partial charge on any atom is 0.307 e. The molecule has 1 saturated carbocycles. The van der Waals surface area contributed by atoms with Crippen LogP contribution in [0, 0.1) is 11.8 Å². The van der Waals surface area contributed by atoms with Crippen molar-refractivity contribution in [1.29, 1.82) is 0 Å². The van der Waals surface area contributed by atoms with E-state index in [1.165, 1.54) is 12.8 Å². The number of aromatic nitrogens is 1. The highest BCUT2D eigenvalue weighted by atomic mass is 16.4. The predicted octanol–water partition coefficient (Wildman–Crippen LogP) is 3.47. The van der Waals surface area contributed by atoms with Crippen molar-refractivity contribution < 1.29 is 9.90 Å². The van der Waals surface area contributed by atoms with E-state index in [1.807, 2.05) is 18.3 Å². The van der Waals surface area contributed by atoms with Gasteiger partial charge in [0.2, 0.25) is 0 Å². The minimum Gasteiger partial charge on any atom is -0.481 e. The summed E-state index contributed by atoms with van der Waals surface area (Å²) in [5.41, 5.74) is 1.09. The summed E-state index contributed by atoms with van der Waals surface area (Å²) in [5.74, 6) is -0.0709. The fraction of sp³-hybridized carbons (Fsp3) is 0.600. The van der Waals surface area contributed by atoms with Crippen LogP contribution >= 0.6 is 0 Å². The van der Waals surface area contributed by atoms with E-state index in [1.54, 1.807) is 6.20 Å². The summed E-state index contributed by atoms with van der Waals surface area (Å²) in [6.07, 6.45) is 8.82. The first-order chi connectivity index (χ1) is 8.72. The number of rotatable bonds is 4. The molecular formula is C15H21NO2. The van der Waals surface area contributed by atoms with E-state index in [-0.39, 0.29) is 11.8 Å². The number of nitrogens with zero attached hydrogens (tertiary/aromatic N) is 1. The van der Waals surface area contributed by atoms with Gasteiger partial charge in [-0.1, -0.05) is 25.8 Å². The topological polar surface area (TPSA) is 50.2 Å². The van der Waals surface area contributed by atoms with Crippen LogP contribution in [0.5, 0.6) is 0 Å². The van der Waals surface area contributed by atoms with Crippen molar-refractivity contribution in [1.82, 2.24) is 4.98 Å². The summed E-state index contributed by atoms with van der Waals surface area (Å²) < 4.78 is 0. The summed E-state index contributed by atoms with van der Waals surface area (Å²) >= 11 is 0. The molecule has 0 bridgehead atoms. The molecule has 1 heterocycles. The summed E-state index contributed by atoms with van der Waals surface area (Å²) in [4.78, 5) is 15.5. The van der Waals surface area contributed by atoms with Crippen LogP contribution in [0.15, 0.2) is 24.5 Å². The first-order valence-electron chi connectivity index (χ1n) is 6.85. The molecule has 0 radical (unpaired) electrons. The Labute approximate surface area is 108 Å². The minimum atomic E-state index is -0.654. The molecule has 0 spiro atoms. The number of carbonyl (C=O) groups is 1. The van der Waals surface area contributed by atoms with E-state index >= 15 is 0 Å². The molecule has 1 fully saturated rings. The van der Waals surface area contributed by atoms with Crippen LogP contribution in [0.4, 0.5) is 0 Å². The van der Waals surface area contributed by atoms with E-state index in [9.17, 15) is 9.90 Å². The number of hydrogen-bond donors (Lipinski definition) is 1. The third kappa shape index (κ3) is 2.89. The average Bonchev–Trinajstić information content (AvgIpc) is 2.40. The van der Waals surface area contributed by atoms with Gasteiger partial charge in [-0.25, -0.2) is 0 Å². The fourth-order valence-electron chi connectivity index (χ4n) is 3.19. The largest absolute Gasteiger partial charge is 0.481 e. The van der Waals surface area contributed by atoms with Gasteiger partial charge in [0.05, 0.1) is 5.92 Å². The Morgan fingerprint density at radius 3 is 2.94 bits per heavy atom. The molecule has 1 aromatic rings. The fourth-order valence-corrected chi connectivity index (χ4v) is 3.19. The Balaban J connectivity index is 2.17. The van der Waals surface area contributed by atoms with Crippen LogP contribution in [-0.4, -0.2) is 16.1 Å². The molecule has 1 aliphatic carbocycles. The summed E-state index contributed by atoms with van der Waals surface area (Å²) in [6, 6.07) is 3.92. The van der Waals surface area contributed by atoms with Gasteiger partial charge >= 0.3 is 5.97 Å². The van der Waals surface area contributed by atoms with Crippen molar-refractivity contribution in [3.8, 4) is 0 Å². The highest BCUT2D eigenvalue weighted by molar-refractivity contribution is 5.71. The summed E-state index contributed by atoms with van der Waals surface area (Å²) in [6.45, 7) is 2.20. The Morgan fingerprint density at radius 2 is 2.33 bits per heavy atom. The Kier molecular flexibility index (Phi) is 4.34. The van der Waals surface area contributed by atoms with Gasteiger partial charge in [0.1, 0.15) is 0 Å². The zero-order chi connectivity index (χ0) is 13.0. The van der Waals surface area contributed by atoms with Crippen LogP contribution < -0.4 is 0 Å². The highest BCUT2D eigenvalue weighted by Gasteiger charge is 2.35. The SMILES string of the molecule is CCCC1CCC(C(=O)O)C(c2cccnc2)C1. The number of hydrogen-bond acceptors (Lipinski definition) is 2. The normalized spacial score (nSPS) is 27.9. The zero-order valence-electron chi connectivity index (χ0n) is 10.9. The minimum absolute atomic E-state index is 0.140. The van der Waals surface area contributed by atoms with Gasteiger partial charge in [-0.15, -0.1) is 0 Å². The van der Waals surface area contributed by atoms with Crippen LogP contribution in [-0.2, 0) is 4.79 Å². The first kappa shape index (κ1) is 13.1. The zero-order valence-corrected chi connectivity index (χ0v) is 10.9. The number of pyridine rings is 1. The highest BCUT2D eigenvalue weighted by Crippen LogP contribution is 2.42. The Bertz CT molecular complexity index is 391. The maximum atomic E-state index is 11.4. The van der Waals surface area contributed by atoms with Gasteiger partial charge < -0.3 is 5.11 Å². The van der Waals surface area contributed by atoms with Crippen molar-refractivity contribution in [2.24, 2.45) is 11.8 Å². The third-order valence-electron chi connectivity index (χ3n) is 4.09. The maximum absolute atomic E-state index is 11.4. The average molecular weight is 247 g/mol. The van der Waals surface area contributed by atoms with Crippen molar-refractivity contribution in [3.05, 3.63) is 30.1 Å². The van der Waals surface area contributed by atoms with Crippen LogP contribution in [0.3, 0.4) is 0 Å². The second-order valence-corrected chi connectivity index (χ2v) is 5.31. The molecule has 3 unspecified atom stereocenters. The lowest BCUT2D eigenvalue weighted by Gasteiger charge is -2.34. The smallest absolute Gasteiger partial charge is 0.307 e. The number of carboxylic acids is 1. The molecule has 1 aliphatic rings. The van der Waals surface area contributed by atoms with Crippen LogP contribution in [0.1, 0.15) is 50.5 Å². The van der Waals surface area contributed by atoms with Crippen molar-refractivity contribution in [2.75, 3.05) is 0 Å². The van der Waals surface area contributed by atoms with E-state index in [0.717, 1.165) is 24.8 Å². The summed E-state index contributed by atoms with van der Waals surface area (Å²) in [7, 11) is 0. The van der Waals surface area contributed by atoms with Crippen LogP contribution in [0.25, 0.3) is 0 Å². The predicted molar refractivity (Wildman–Crippen MR) is 70.4 cm³/mol. The van der Waals surface area contributed by atoms with Crippen molar-refractivity contribution in [3.63, 3.8) is 0 Å². The van der Waals surface area contributed by atoms with Gasteiger partial charge in [0.15, 0.2) is 0 Å². The second kappa shape index (κ2) is 5.98. The van der Waals surface area contributed by atoms with E-state index in [0.29, 0.717) is 5.92 Å². The number of aliphatic carboxylic acids is 1. The molecule has 2 rings (SSSR count). The summed E-state index contributed by atoms with van der Waals surface area (Å²) in [5, 5.41) is 9.37. The third-order valence-corrected chi connectivity index (χ3v) is 4.09. The van der Waals surface area contributed by atoms with Crippen molar-refractivity contribution >= 4 is 5.97 Å². The molecule has 98 valence electrons. The van der Waals surface area contributed by atoms with E-state index < -0.39 is 5.97 Å². The molecule has 1 aromatic heterocycles. The Morgan fingerprint density at radius 1 is 1.50 bits per heavy atom. The van der Waals surface area contributed by atoms with Crippen molar-refractivity contribution in [2.45, 2.75) is 44.9 Å². The lowest BCUT2D eigenvalue weighted by Crippen LogP contribution is -2.29. The molecule has 3 nitrogen and oxygen atoms in total. The first-order valence-corrected chi connectivity index (χ1v) is 6.85. The second-order valence-electron chi connectivity index (χ2n) is 5.31. The van der Waals surface area contributed by atoms with E-state index in [2.05, 4.69) is 11.9 Å². The quantitative estimate of drug-likeness (QED) is 0.886. The monoisotopic (exact) mass is 247 g/mol. The van der Waals surface area contributed by atoms with Gasteiger partial charge in [0.25, 0.3) is 0 Å². The molecule has 0 saturated heterocycles.